The molecule has 0 saturated carbocycles. The molecule has 20 heavy (non-hydrogen) atoms. The highest BCUT2D eigenvalue weighted by Crippen LogP contribution is 2.34. The van der Waals surface area contributed by atoms with E-state index in [2.05, 4.69) is 38.1 Å². The highest BCUT2D eigenvalue weighted by molar-refractivity contribution is 7.15. The first kappa shape index (κ1) is 12.9. The minimum Gasteiger partial charge on any atom is -0.508 e. The highest BCUT2D eigenvalue weighted by Gasteiger charge is 2.11. The number of nitrogens with zero attached hydrogens (tertiary/aromatic N) is 1. The molecule has 0 aliphatic heterocycles. The van der Waals surface area contributed by atoms with E-state index < -0.39 is 0 Å². The van der Waals surface area contributed by atoms with Crippen LogP contribution in [0.5, 0.6) is 5.75 Å². The summed E-state index contributed by atoms with van der Waals surface area (Å²) in [6, 6.07) is 15.6. The number of hydrogen-bond acceptors (Lipinski definition) is 3. The molecule has 0 aliphatic rings. The van der Waals surface area contributed by atoms with Gasteiger partial charge in [0, 0.05) is 16.0 Å². The molecule has 0 unspecified atom stereocenters. The summed E-state index contributed by atoms with van der Waals surface area (Å²) in [5, 5.41) is 10.5. The van der Waals surface area contributed by atoms with Crippen LogP contribution in [0.3, 0.4) is 0 Å². The van der Waals surface area contributed by atoms with Gasteiger partial charge in [-0.2, -0.15) is 0 Å². The first-order valence-electron chi connectivity index (χ1n) is 6.47. The number of phenolic OH excluding ortho intramolecular Hbond substituents is 1. The Morgan fingerprint density at radius 3 is 2.40 bits per heavy atom. The van der Waals surface area contributed by atoms with Crippen molar-refractivity contribution in [2.45, 2.75) is 13.8 Å². The van der Waals surface area contributed by atoms with Crippen LogP contribution in [0.4, 0.5) is 0 Å². The van der Waals surface area contributed by atoms with E-state index in [9.17, 15) is 5.11 Å². The van der Waals surface area contributed by atoms with Crippen LogP contribution in [0.15, 0.2) is 48.5 Å². The molecule has 0 bridgehead atoms. The van der Waals surface area contributed by atoms with Gasteiger partial charge in [-0.3, -0.25) is 0 Å². The number of rotatable bonds is 2. The lowest BCUT2D eigenvalue weighted by Gasteiger charge is -1.99. The van der Waals surface area contributed by atoms with E-state index in [4.69, 9.17) is 4.98 Å². The number of thiazole rings is 1. The highest BCUT2D eigenvalue weighted by atomic mass is 32.1. The topological polar surface area (TPSA) is 33.1 Å². The smallest absolute Gasteiger partial charge is 0.124 e. The van der Waals surface area contributed by atoms with E-state index in [1.807, 2.05) is 12.1 Å². The van der Waals surface area contributed by atoms with Crippen LogP contribution < -0.4 is 0 Å². The Labute approximate surface area is 122 Å². The molecule has 2 aromatic carbocycles. The van der Waals surface area contributed by atoms with Crippen LogP contribution in [0.1, 0.15) is 10.4 Å². The molecule has 0 atom stereocenters. The van der Waals surface area contributed by atoms with Crippen molar-refractivity contribution in [1.82, 2.24) is 4.98 Å². The van der Waals surface area contributed by atoms with Gasteiger partial charge in [-0.15, -0.1) is 11.3 Å². The summed E-state index contributed by atoms with van der Waals surface area (Å²) in [5.74, 6) is 0.271. The van der Waals surface area contributed by atoms with Crippen LogP contribution in [0.2, 0.25) is 0 Å². The molecule has 0 aliphatic carbocycles. The standard InChI is InChI=1S/C17H15NOS/c1-11-6-8-13(9-7-11)16-12(2)20-17(18-16)14-4-3-5-15(19)10-14/h3-10,19H,1-2H3. The van der Waals surface area contributed by atoms with Crippen molar-refractivity contribution in [3.63, 3.8) is 0 Å². The van der Waals surface area contributed by atoms with Crippen molar-refractivity contribution in [3.05, 3.63) is 59.0 Å². The number of benzene rings is 2. The predicted molar refractivity (Wildman–Crippen MR) is 84.1 cm³/mol. The number of phenols is 1. The van der Waals surface area contributed by atoms with E-state index in [-0.39, 0.29) is 5.75 Å². The maximum absolute atomic E-state index is 9.57. The van der Waals surface area contributed by atoms with Crippen LogP contribution in [-0.2, 0) is 0 Å². The number of hydrogen-bond donors (Lipinski definition) is 1. The van der Waals surface area contributed by atoms with Gasteiger partial charge in [0.25, 0.3) is 0 Å². The Morgan fingerprint density at radius 2 is 1.70 bits per heavy atom. The Kier molecular flexibility index (Phi) is 3.28. The van der Waals surface area contributed by atoms with Gasteiger partial charge >= 0.3 is 0 Å². The van der Waals surface area contributed by atoms with Gasteiger partial charge in [-0.05, 0) is 26.0 Å². The lowest BCUT2D eigenvalue weighted by molar-refractivity contribution is 0.475. The maximum Gasteiger partial charge on any atom is 0.124 e. The number of aromatic nitrogens is 1. The molecular formula is C17H15NOS. The number of aryl methyl sites for hydroxylation is 2. The molecule has 2 nitrogen and oxygen atoms in total. The van der Waals surface area contributed by atoms with Gasteiger partial charge in [0.05, 0.1) is 5.69 Å². The Morgan fingerprint density at radius 1 is 0.950 bits per heavy atom. The molecule has 1 aromatic heterocycles. The van der Waals surface area contributed by atoms with Crippen LogP contribution in [0.25, 0.3) is 21.8 Å². The third kappa shape index (κ3) is 2.45. The summed E-state index contributed by atoms with van der Waals surface area (Å²) in [7, 11) is 0. The minimum atomic E-state index is 0.271. The van der Waals surface area contributed by atoms with Crippen LogP contribution in [0, 0.1) is 13.8 Å². The van der Waals surface area contributed by atoms with E-state index in [1.54, 1.807) is 23.5 Å². The zero-order valence-corrected chi connectivity index (χ0v) is 12.2. The summed E-state index contributed by atoms with van der Waals surface area (Å²) in [4.78, 5) is 5.92. The average Bonchev–Trinajstić information content (AvgIpc) is 2.82. The van der Waals surface area contributed by atoms with Crippen LogP contribution in [-0.4, -0.2) is 10.1 Å². The molecule has 1 heterocycles. The fourth-order valence-corrected chi connectivity index (χ4v) is 3.07. The van der Waals surface area contributed by atoms with Crippen molar-refractivity contribution >= 4 is 11.3 Å². The van der Waals surface area contributed by atoms with Crippen molar-refractivity contribution < 1.29 is 5.11 Å². The average molecular weight is 281 g/mol. The SMILES string of the molecule is Cc1ccc(-c2nc(-c3cccc(O)c3)sc2C)cc1. The predicted octanol–water partition coefficient (Wildman–Crippen LogP) is 4.80. The monoisotopic (exact) mass is 281 g/mol. The molecule has 1 N–H and O–H groups in total. The molecule has 0 amide bonds. The maximum atomic E-state index is 9.57. The van der Waals surface area contributed by atoms with Crippen molar-refractivity contribution in [2.75, 3.05) is 0 Å². The molecule has 0 saturated heterocycles. The first-order valence-corrected chi connectivity index (χ1v) is 7.29. The van der Waals surface area contributed by atoms with Crippen molar-refractivity contribution in [2.24, 2.45) is 0 Å². The third-order valence-corrected chi connectivity index (χ3v) is 4.23. The first-order chi connectivity index (χ1) is 9.63. The second-order valence-electron chi connectivity index (χ2n) is 4.84. The fourth-order valence-electron chi connectivity index (χ4n) is 2.14. The Balaban J connectivity index is 2.05. The summed E-state index contributed by atoms with van der Waals surface area (Å²) in [6.45, 7) is 4.16. The fraction of sp³-hybridized carbons (Fsp3) is 0.118. The summed E-state index contributed by atoms with van der Waals surface area (Å²) in [5.41, 5.74) is 4.36. The summed E-state index contributed by atoms with van der Waals surface area (Å²) in [6.07, 6.45) is 0. The summed E-state index contributed by atoms with van der Waals surface area (Å²) < 4.78 is 0. The van der Waals surface area contributed by atoms with Gasteiger partial charge < -0.3 is 5.11 Å². The molecular weight excluding hydrogens is 266 g/mol. The second kappa shape index (κ2) is 5.10. The Hall–Kier alpha value is -2.13. The second-order valence-corrected chi connectivity index (χ2v) is 6.04. The van der Waals surface area contributed by atoms with Crippen molar-refractivity contribution in [3.8, 4) is 27.6 Å². The molecule has 3 aromatic rings. The van der Waals surface area contributed by atoms with E-state index in [1.165, 1.54) is 10.4 Å². The zero-order chi connectivity index (χ0) is 14.1. The third-order valence-electron chi connectivity index (χ3n) is 3.21. The largest absolute Gasteiger partial charge is 0.508 e. The van der Waals surface area contributed by atoms with E-state index >= 15 is 0 Å². The van der Waals surface area contributed by atoms with E-state index in [0.717, 1.165) is 21.8 Å². The number of aromatic hydroxyl groups is 1. The lowest BCUT2D eigenvalue weighted by Crippen LogP contribution is -1.82. The van der Waals surface area contributed by atoms with E-state index in [0.29, 0.717) is 0 Å². The zero-order valence-electron chi connectivity index (χ0n) is 11.4. The molecule has 0 spiro atoms. The Bertz CT molecular complexity index is 744. The minimum absolute atomic E-state index is 0.271. The molecule has 0 radical (unpaired) electrons. The van der Waals surface area contributed by atoms with Crippen LogP contribution >= 0.6 is 11.3 Å². The van der Waals surface area contributed by atoms with Gasteiger partial charge in [-0.25, -0.2) is 4.98 Å². The quantitative estimate of drug-likeness (QED) is 0.732. The summed E-state index contributed by atoms with van der Waals surface area (Å²) >= 11 is 1.65. The molecule has 0 fully saturated rings. The normalized spacial score (nSPS) is 10.7. The molecule has 3 rings (SSSR count). The lowest BCUT2D eigenvalue weighted by atomic mass is 10.1. The van der Waals surface area contributed by atoms with Gasteiger partial charge in [0.15, 0.2) is 0 Å². The van der Waals surface area contributed by atoms with Gasteiger partial charge in [0.2, 0.25) is 0 Å². The van der Waals surface area contributed by atoms with Crippen molar-refractivity contribution in [1.29, 1.82) is 0 Å². The molecule has 100 valence electrons. The van der Waals surface area contributed by atoms with Gasteiger partial charge in [0.1, 0.15) is 10.8 Å². The molecule has 3 heteroatoms. The van der Waals surface area contributed by atoms with Gasteiger partial charge in [-0.1, -0.05) is 42.0 Å².